The van der Waals surface area contributed by atoms with Gasteiger partial charge in [0.15, 0.2) is 0 Å². The van der Waals surface area contributed by atoms with Crippen molar-refractivity contribution >= 4 is 0 Å². The average Bonchev–Trinajstić information content (AvgIpc) is 2.35. The minimum atomic E-state index is 0.220. The fraction of sp³-hybridized carbons (Fsp3) is 1.00. The highest BCUT2D eigenvalue weighted by Crippen LogP contribution is 2.19. The van der Waals surface area contributed by atoms with Gasteiger partial charge >= 0.3 is 0 Å². The number of rotatable bonds is 7. The molecule has 0 aromatic heterocycles. The molecule has 1 aliphatic heterocycles. The lowest BCUT2D eigenvalue weighted by Gasteiger charge is -2.37. The van der Waals surface area contributed by atoms with Crippen molar-refractivity contribution in [3.63, 3.8) is 0 Å². The predicted molar refractivity (Wildman–Crippen MR) is 74.8 cm³/mol. The molecule has 0 saturated carbocycles. The van der Waals surface area contributed by atoms with E-state index in [0.29, 0.717) is 18.2 Å². The molecule has 108 valence electrons. The highest BCUT2D eigenvalue weighted by molar-refractivity contribution is 4.80. The highest BCUT2D eigenvalue weighted by Gasteiger charge is 2.25. The van der Waals surface area contributed by atoms with Gasteiger partial charge in [-0.25, -0.2) is 0 Å². The second kappa shape index (κ2) is 8.10. The maximum Gasteiger partial charge on any atom is 0.0598 e. The summed E-state index contributed by atoms with van der Waals surface area (Å²) in [5.41, 5.74) is 0. The van der Waals surface area contributed by atoms with Crippen molar-refractivity contribution in [2.24, 2.45) is 0 Å². The molecule has 1 fully saturated rings. The third-order valence-electron chi connectivity index (χ3n) is 3.85. The molecule has 1 aliphatic rings. The highest BCUT2D eigenvalue weighted by atomic mass is 16.5. The predicted octanol–water partition coefficient (Wildman–Crippen LogP) is 1.23. The van der Waals surface area contributed by atoms with E-state index in [1.165, 1.54) is 0 Å². The summed E-state index contributed by atoms with van der Waals surface area (Å²) in [7, 11) is 1.81. The number of methoxy groups -OCH3 is 1. The van der Waals surface area contributed by atoms with Gasteiger partial charge in [0.05, 0.1) is 12.7 Å². The standard InChI is InChI=1S/C14H30N2O2/c1-11(2)15-13(10-17)5-7-16-8-6-14(18-4)9-12(16)3/h11-15,17H,5-10H2,1-4H3. The molecule has 0 aromatic rings. The molecular formula is C14H30N2O2. The number of nitrogens with one attached hydrogen (secondary N) is 1. The van der Waals surface area contributed by atoms with Crippen molar-refractivity contribution in [3.05, 3.63) is 0 Å². The van der Waals surface area contributed by atoms with E-state index in [-0.39, 0.29) is 12.6 Å². The minimum absolute atomic E-state index is 0.220. The zero-order valence-electron chi connectivity index (χ0n) is 12.4. The Hall–Kier alpha value is -0.160. The van der Waals surface area contributed by atoms with Gasteiger partial charge in [0, 0.05) is 31.8 Å². The molecule has 0 amide bonds. The molecule has 4 nitrogen and oxygen atoms in total. The van der Waals surface area contributed by atoms with Gasteiger partial charge in [-0.2, -0.15) is 0 Å². The molecule has 0 bridgehead atoms. The maximum atomic E-state index is 9.35. The monoisotopic (exact) mass is 258 g/mol. The summed E-state index contributed by atoms with van der Waals surface area (Å²) in [6.45, 7) is 8.91. The molecule has 1 saturated heterocycles. The number of aliphatic hydroxyl groups is 1. The van der Waals surface area contributed by atoms with Gasteiger partial charge in [-0.05, 0) is 32.7 Å². The third kappa shape index (κ3) is 5.22. The second-order valence-electron chi connectivity index (χ2n) is 5.76. The van der Waals surface area contributed by atoms with Crippen molar-refractivity contribution in [1.82, 2.24) is 10.2 Å². The maximum absolute atomic E-state index is 9.35. The summed E-state index contributed by atoms with van der Waals surface area (Å²) in [5.74, 6) is 0. The zero-order valence-corrected chi connectivity index (χ0v) is 12.4. The van der Waals surface area contributed by atoms with E-state index in [9.17, 15) is 5.11 Å². The van der Waals surface area contributed by atoms with E-state index in [1.807, 2.05) is 0 Å². The van der Waals surface area contributed by atoms with Crippen LogP contribution in [0, 0.1) is 0 Å². The lowest BCUT2D eigenvalue weighted by Crippen LogP contribution is -2.46. The first-order valence-electron chi connectivity index (χ1n) is 7.20. The number of ether oxygens (including phenoxy) is 1. The Morgan fingerprint density at radius 2 is 2.17 bits per heavy atom. The van der Waals surface area contributed by atoms with Crippen LogP contribution in [0.3, 0.4) is 0 Å². The van der Waals surface area contributed by atoms with E-state index in [4.69, 9.17) is 4.74 Å². The number of hydrogen-bond donors (Lipinski definition) is 2. The van der Waals surface area contributed by atoms with Crippen molar-refractivity contribution in [3.8, 4) is 0 Å². The zero-order chi connectivity index (χ0) is 13.5. The largest absolute Gasteiger partial charge is 0.395 e. The van der Waals surface area contributed by atoms with Crippen molar-refractivity contribution in [2.75, 3.05) is 26.8 Å². The van der Waals surface area contributed by atoms with E-state index in [0.717, 1.165) is 32.4 Å². The normalized spacial score (nSPS) is 27.7. The first-order valence-corrected chi connectivity index (χ1v) is 7.20. The number of likely N-dealkylation sites (tertiary alicyclic amines) is 1. The number of nitrogens with zero attached hydrogens (tertiary/aromatic N) is 1. The van der Waals surface area contributed by atoms with Crippen LogP contribution in [0.1, 0.15) is 40.0 Å². The van der Waals surface area contributed by atoms with Gasteiger partial charge < -0.3 is 20.1 Å². The second-order valence-corrected chi connectivity index (χ2v) is 5.76. The lowest BCUT2D eigenvalue weighted by molar-refractivity contribution is 0.0140. The molecule has 0 spiro atoms. The molecule has 0 aliphatic carbocycles. The van der Waals surface area contributed by atoms with Gasteiger partial charge in [0.1, 0.15) is 0 Å². The van der Waals surface area contributed by atoms with Crippen molar-refractivity contribution in [1.29, 1.82) is 0 Å². The minimum Gasteiger partial charge on any atom is -0.395 e. The number of piperidine rings is 1. The SMILES string of the molecule is COC1CCN(CCC(CO)NC(C)C)C(C)C1. The fourth-order valence-corrected chi connectivity index (χ4v) is 2.74. The third-order valence-corrected chi connectivity index (χ3v) is 3.85. The molecule has 3 atom stereocenters. The summed E-state index contributed by atoms with van der Waals surface area (Å²) in [4.78, 5) is 2.51. The number of hydrogen-bond acceptors (Lipinski definition) is 4. The van der Waals surface area contributed by atoms with Gasteiger partial charge in [0.2, 0.25) is 0 Å². The summed E-state index contributed by atoms with van der Waals surface area (Å²) in [5, 5.41) is 12.8. The molecule has 1 heterocycles. The average molecular weight is 258 g/mol. The van der Waals surface area contributed by atoms with E-state index in [1.54, 1.807) is 7.11 Å². The first kappa shape index (κ1) is 15.9. The summed E-state index contributed by atoms with van der Waals surface area (Å²) in [6.07, 6.45) is 3.69. The summed E-state index contributed by atoms with van der Waals surface area (Å²) in [6, 6.07) is 1.23. The first-order chi connectivity index (χ1) is 8.56. The molecule has 3 unspecified atom stereocenters. The van der Waals surface area contributed by atoms with Crippen LogP contribution in [-0.4, -0.2) is 61.0 Å². The summed E-state index contributed by atoms with van der Waals surface area (Å²) >= 11 is 0. The molecule has 18 heavy (non-hydrogen) atoms. The van der Waals surface area contributed by atoms with Crippen molar-refractivity contribution < 1.29 is 9.84 Å². The van der Waals surface area contributed by atoms with E-state index < -0.39 is 0 Å². The van der Waals surface area contributed by atoms with Gasteiger partial charge in [-0.15, -0.1) is 0 Å². The Balaban J connectivity index is 2.29. The van der Waals surface area contributed by atoms with Gasteiger partial charge in [0.25, 0.3) is 0 Å². The van der Waals surface area contributed by atoms with Crippen molar-refractivity contribution in [2.45, 2.75) is 64.3 Å². The van der Waals surface area contributed by atoms with Gasteiger partial charge in [-0.1, -0.05) is 13.8 Å². The number of aliphatic hydroxyl groups excluding tert-OH is 1. The van der Waals surface area contributed by atoms with Crippen LogP contribution in [0.4, 0.5) is 0 Å². The molecular weight excluding hydrogens is 228 g/mol. The van der Waals surface area contributed by atoms with Crippen LogP contribution < -0.4 is 5.32 Å². The Kier molecular flexibility index (Phi) is 7.15. The Morgan fingerprint density at radius 3 is 2.67 bits per heavy atom. The van der Waals surface area contributed by atoms with E-state index in [2.05, 4.69) is 31.0 Å². The van der Waals surface area contributed by atoms with Crippen LogP contribution in [0.15, 0.2) is 0 Å². The molecule has 2 N–H and O–H groups in total. The Labute approximate surface area is 112 Å². The quantitative estimate of drug-likeness (QED) is 0.721. The molecule has 4 heteroatoms. The van der Waals surface area contributed by atoms with Crippen LogP contribution in [0.25, 0.3) is 0 Å². The van der Waals surface area contributed by atoms with E-state index >= 15 is 0 Å². The fourth-order valence-electron chi connectivity index (χ4n) is 2.74. The van der Waals surface area contributed by atoms with Crippen LogP contribution in [0.5, 0.6) is 0 Å². The van der Waals surface area contributed by atoms with Crippen LogP contribution in [-0.2, 0) is 4.74 Å². The molecule has 0 aromatic carbocycles. The lowest BCUT2D eigenvalue weighted by atomic mass is 10.00. The molecule has 1 rings (SSSR count). The Bertz CT molecular complexity index is 224. The smallest absolute Gasteiger partial charge is 0.0598 e. The van der Waals surface area contributed by atoms with Crippen LogP contribution in [0.2, 0.25) is 0 Å². The van der Waals surface area contributed by atoms with Gasteiger partial charge in [-0.3, -0.25) is 0 Å². The molecule has 0 radical (unpaired) electrons. The van der Waals surface area contributed by atoms with Crippen LogP contribution >= 0.6 is 0 Å². The summed E-state index contributed by atoms with van der Waals surface area (Å²) < 4.78 is 5.43. The Morgan fingerprint density at radius 1 is 1.44 bits per heavy atom. The topological polar surface area (TPSA) is 44.7 Å².